The van der Waals surface area contributed by atoms with E-state index in [0.29, 0.717) is 6.61 Å². The van der Waals surface area contributed by atoms with Crippen LogP contribution in [-0.2, 0) is 10.2 Å². The molecule has 3 heteroatoms. The zero-order valence-electron chi connectivity index (χ0n) is 11.3. The third-order valence-corrected chi connectivity index (χ3v) is 2.64. The van der Waals surface area contributed by atoms with Crippen LogP contribution in [0.15, 0.2) is 24.3 Å². The van der Waals surface area contributed by atoms with Crippen LogP contribution in [0.3, 0.4) is 0 Å². The summed E-state index contributed by atoms with van der Waals surface area (Å²) < 4.78 is 4.97. The van der Waals surface area contributed by atoms with Gasteiger partial charge in [-0.15, -0.1) is 0 Å². The molecule has 1 amide bonds. The number of benzene rings is 1. The summed E-state index contributed by atoms with van der Waals surface area (Å²) >= 11 is 0. The molecule has 0 radical (unpaired) electrons. The second-order valence-electron chi connectivity index (χ2n) is 5.06. The first-order valence-electron chi connectivity index (χ1n) is 5.87. The van der Waals surface area contributed by atoms with E-state index in [4.69, 9.17) is 4.74 Å². The Bertz CT molecular complexity index is 393. The predicted octanol–water partition coefficient (Wildman–Crippen LogP) is 3.58. The average Bonchev–Trinajstić information content (AvgIpc) is 2.27. The van der Waals surface area contributed by atoms with Crippen molar-refractivity contribution in [3.8, 4) is 0 Å². The van der Waals surface area contributed by atoms with Crippen LogP contribution in [0.25, 0.3) is 0 Å². The summed E-state index contributed by atoms with van der Waals surface area (Å²) in [6.07, 6.45) is -0.321. The summed E-state index contributed by atoms with van der Waals surface area (Å²) in [5.74, 6) is 0. The number of carbonyl (C=O) groups excluding carboxylic acids is 1. The minimum Gasteiger partial charge on any atom is -0.449 e. The number of ether oxygens (including phenoxy) is 1. The van der Waals surface area contributed by atoms with Gasteiger partial charge in [-0.25, -0.2) is 4.79 Å². The van der Waals surface area contributed by atoms with Gasteiger partial charge in [-0.2, -0.15) is 0 Å². The van der Waals surface area contributed by atoms with Gasteiger partial charge in [0.2, 0.25) is 0 Å². The Labute approximate surface area is 103 Å². The van der Waals surface area contributed by atoms with E-state index in [1.54, 1.807) is 14.0 Å². The first-order valence-corrected chi connectivity index (χ1v) is 5.87. The lowest BCUT2D eigenvalue weighted by molar-refractivity contribution is 0.161. The molecule has 1 aromatic rings. The van der Waals surface area contributed by atoms with Gasteiger partial charge in [0.05, 0.1) is 6.61 Å². The van der Waals surface area contributed by atoms with Crippen molar-refractivity contribution in [2.24, 2.45) is 0 Å². The van der Waals surface area contributed by atoms with Crippen molar-refractivity contribution in [2.45, 2.75) is 33.1 Å². The summed E-state index contributed by atoms with van der Waals surface area (Å²) in [6, 6.07) is 7.97. The van der Waals surface area contributed by atoms with Gasteiger partial charge < -0.3 is 4.74 Å². The zero-order chi connectivity index (χ0) is 13.1. The molecule has 0 aliphatic rings. The molecule has 0 aliphatic heterocycles. The van der Waals surface area contributed by atoms with Crippen molar-refractivity contribution in [3.05, 3.63) is 29.8 Å². The molecule has 0 fully saturated rings. The summed E-state index contributed by atoms with van der Waals surface area (Å²) in [7, 11) is 1.72. The summed E-state index contributed by atoms with van der Waals surface area (Å²) in [5.41, 5.74) is 2.13. The number of amides is 1. The molecule has 0 unspecified atom stereocenters. The van der Waals surface area contributed by atoms with Gasteiger partial charge in [0, 0.05) is 12.7 Å². The molecule has 0 atom stereocenters. The Hall–Kier alpha value is -1.51. The fraction of sp³-hybridized carbons (Fsp3) is 0.500. The zero-order valence-corrected chi connectivity index (χ0v) is 11.3. The topological polar surface area (TPSA) is 29.5 Å². The molecule has 94 valence electrons. The standard InChI is InChI=1S/C14H21NO2/c1-6-17-13(16)15(5)12-9-7-8-11(10-12)14(2,3)4/h7-10H,6H2,1-5H3. The van der Waals surface area contributed by atoms with Crippen LogP contribution in [0.5, 0.6) is 0 Å². The molecule has 17 heavy (non-hydrogen) atoms. The molecule has 0 spiro atoms. The maximum atomic E-state index is 11.6. The van der Waals surface area contributed by atoms with Crippen LogP contribution in [0.1, 0.15) is 33.3 Å². The van der Waals surface area contributed by atoms with Crippen molar-refractivity contribution >= 4 is 11.8 Å². The van der Waals surface area contributed by atoms with Gasteiger partial charge in [-0.3, -0.25) is 4.90 Å². The fourth-order valence-corrected chi connectivity index (χ4v) is 1.51. The Balaban J connectivity index is 2.96. The van der Waals surface area contributed by atoms with Crippen LogP contribution in [0, 0.1) is 0 Å². The minimum absolute atomic E-state index is 0.0749. The smallest absolute Gasteiger partial charge is 0.413 e. The number of hydrogen-bond donors (Lipinski definition) is 0. The summed E-state index contributed by atoms with van der Waals surface area (Å²) in [4.78, 5) is 13.1. The summed E-state index contributed by atoms with van der Waals surface area (Å²) in [6.45, 7) is 8.64. The molecule has 0 N–H and O–H groups in total. The van der Waals surface area contributed by atoms with E-state index >= 15 is 0 Å². The van der Waals surface area contributed by atoms with Crippen LogP contribution >= 0.6 is 0 Å². The number of rotatable bonds is 2. The van der Waals surface area contributed by atoms with Gasteiger partial charge in [0.1, 0.15) is 0 Å². The molecular weight excluding hydrogens is 214 g/mol. The number of nitrogens with zero attached hydrogens (tertiary/aromatic N) is 1. The molecular formula is C14H21NO2. The third-order valence-electron chi connectivity index (χ3n) is 2.64. The molecule has 0 heterocycles. The highest BCUT2D eigenvalue weighted by atomic mass is 16.6. The minimum atomic E-state index is -0.321. The normalized spacial score (nSPS) is 11.1. The molecule has 0 bridgehead atoms. The van der Waals surface area contributed by atoms with Gasteiger partial charge in [0.15, 0.2) is 0 Å². The quantitative estimate of drug-likeness (QED) is 0.784. The molecule has 0 aliphatic carbocycles. The van der Waals surface area contributed by atoms with E-state index in [2.05, 4.69) is 26.8 Å². The lowest BCUT2D eigenvalue weighted by atomic mass is 9.87. The largest absolute Gasteiger partial charge is 0.449 e. The maximum absolute atomic E-state index is 11.6. The number of hydrogen-bond acceptors (Lipinski definition) is 2. The van der Waals surface area contributed by atoms with E-state index in [1.165, 1.54) is 10.5 Å². The second kappa shape index (κ2) is 5.21. The molecule has 0 saturated heterocycles. The highest BCUT2D eigenvalue weighted by Crippen LogP contribution is 2.26. The van der Waals surface area contributed by atoms with Crippen molar-refractivity contribution in [3.63, 3.8) is 0 Å². The average molecular weight is 235 g/mol. The fourth-order valence-electron chi connectivity index (χ4n) is 1.51. The Morgan fingerprint density at radius 3 is 2.53 bits per heavy atom. The first-order chi connectivity index (χ1) is 7.86. The maximum Gasteiger partial charge on any atom is 0.413 e. The predicted molar refractivity (Wildman–Crippen MR) is 70.6 cm³/mol. The van der Waals surface area contributed by atoms with E-state index in [0.717, 1.165) is 5.69 Å². The molecule has 1 rings (SSSR count). The van der Waals surface area contributed by atoms with Crippen molar-refractivity contribution < 1.29 is 9.53 Å². The van der Waals surface area contributed by atoms with E-state index < -0.39 is 0 Å². The van der Waals surface area contributed by atoms with Crippen molar-refractivity contribution in [1.29, 1.82) is 0 Å². The molecule has 0 aromatic heterocycles. The van der Waals surface area contributed by atoms with E-state index in [9.17, 15) is 4.79 Å². The van der Waals surface area contributed by atoms with Gasteiger partial charge in [-0.05, 0) is 30.0 Å². The van der Waals surface area contributed by atoms with Crippen molar-refractivity contribution in [2.75, 3.05) is 18.6 Å². The molecule has 1 aromatic carbocycles. The van der Waals surface area contributed by atoms with E-state index in [-0.39, 0.29) is 11.5 Å². The van der Waals surface area contributed by atoms with Crippen LogP contribution in [0.4, 0.5) is 10.5 Å². The van der Waals surface area contributed by atoms with Crippen LogP contribution in [0.2, 0.25) is 0 Å². The third kappa shape index (κ3) is 3.48. The first kappa shape index (κ1) is 13.6. The monoisotopic (exact) mass is 235 g/mol. The lowest BCUT2D eigenvalue weighted by Gasteiger charge is -2.22. The highest BCUT2D eigenvalue weighted by molar-refractivity contribution is 5.87. The number of anilines is 1. The Morgan fingerprint density at radius 1 is 1.35 bits per heavy atom. The van der Waals surface area contributed by atoms with Crippen LogP contribution < -0.4 is 4.90 Å². The van der Waals surface area contributed by atoms with Crippen molar-refractivity contribution in [1.82, 2.24) is 0 Å². The molecule has 3 nitrogen and oxygen atoms in total. The SMILES string of the molecule is CCOC(=O)N(C)c1cccc(C(C)(C)C)c1. The molecule has 0 saturated carbocycles. The van der Waals surface area contributed by atoms with Gasteiger partial charge in [-0.1, -0.05) is 32.9 Å². The van der Waals surface area contributed by atoms with Gasteiger partial charge >= 0.3 is 6.09 Å². The van der Waals surface area contributed by atoms with Gasteiger partial charge in [0.25, 0.3) is 0 Å². The Kier molecular flexibility index (Phi) is 4.16. The second-order valence-corrected chi connectivity index (χ2v) is 5.06. The van der Waals surface area contributed by atoms with Crippen LogP contribution in [-0.4, -0.2) is 19.7 Å². The Morgan fingerprint density at radius 2 is 2.00 bits per heavy atom. The highest BCUT2D eigenvalue weighted by Gasteiger charge is 2.17. The van der Waals surface area contributed by atoms with E-state index in [1.807, 2.05) is 18.2 Å². The summed E-state index contributed by atoms with van der Waals surface area (Å²) in [5, 5.41) is 0. The number of carbonyl (C=O) groups is 1. The lowest BCUT2D eigenvalue weighted by Crippen LogP contribution is -2.27.